The van der Waals surface area contributed by atoms with Gasteiger partial charge < -0.3 is 0 Å². The molecule has 0 nitrogen and oxygen atoms in total. The summed E-state index contributed by atoms with van der Waals surface area (Å²) >= 11 is 2.21. The van der Waals surface area contributed by atoms with Crippen molar-refractivity contribution in [1.82, 2.24) is 0 Å². The molecule has 0 aromatic carbocycles. The molecule has 0 spiro atoms. The van der Waals surface area contributed by atoms with Gasteiger partial charge in [-0.3, -0.25) is 0 Å². The molecule has 1 aliphatic rings. The molecule has 31 heavy (non-hydrogen) atoms. The third-order valence-electron chi connectivity index (χ3n) is 7.73. The molecule has 2 aromatic rings. The fourth-order valence-electron chi connectivity index (χ4n) is 5.69. The van der Waals surface area contributed by atoms with E-state index in [2.05, 4.69) is 82.7 Å². The van der Waals surface area contributed by atoms with Crippen LogP contribution in [0.2, 0.25) is 26.9 Å². The molecule has 3 heterocycles. The van der Waals surface area contributed by atoms with Gasteiger partial charge in [0.2, 0.25) is 0 Å². The van der Waals surface area contributed by atoms with Gasteiger partial charge in [0.15, 0.2) is 0 Å². The quantitative estimate of drug-likeness (QED) is 0.209. The average molecular weight is 582 g/mol. The van der Waals surface area contributed by atoms with Crippen LogP contribution < -0.4 is 13.3 Å². The van der Waals surface area contributed by atoms with Crippen molar-refractivity contribution >= 4 is 62.4 Å². The summed E-state index contributed by atoms with van der Waals surface area (Å²) < 4.78 is 1.82. The van der Waals surface area contributed by atoms with Crippen molar-refractivity contribution in [2.45, 2.75) is 106 Å². The maximum absolute atomic E-state index is 2.80. The van der Waals surface area contributed by atoms with Crippen LogP contribution in [0.1, 0.15) is 79.1 Å². The SMILES string of the molecule is CCCCC(CC)C[Si]1(CC(CC)CCCC)c2ccsc2-c2s[c]([Sn]([CH3])([CH3])[CH3])cc21. The van der Waals surface area contributed by atoms with E-state index in [-0.39, 0.29) is 0 Å². The van der Waals surface area contributed by atoms with Crippen molar-refractivity contribution in [3.05, 3.63) is 17.5 Å². The van der Waals surface area contributed by atoms with Crippen LogP contribution in [-0.2, 0) is 0 Å². The van der Waals surface area contributed by atoms with Crippen LogP contribution in [-0.4, -0.2) is 26.5 Å². The van der Waals surface area contributed by atoms with Crippen LogP contribution in [0.25, 0.3) is 9.75 Å². The Balaban J connectivity index is 2.10. The molecule has 3 rings (SSSR count). The van der Waals surface area contributed by atoms with E-state index in [4.69, 9.17) is 0 Å². The Morgan fingerprint density at radius 1 is 0.839 bits per heavy atom. The van der Waals surface area contributed by atoms with Gasteiger partial charge in [-0.1, -0.05) is 0 Å². The third kappa shape index (κ3) is 5.57. The maximum atomic E-state index is 2.80. The van der Waals surface area contributed by atoms with E-state index in [1.165, 1.54) is 63.5 Å². The molecule has 0 N–H and O–H groups in total. The van der Waals surface area contributed by atoms with Crippen molar-refractivity contribution < 1.29 is 0 Å². The fourth-order valence-corrected chi connectivity index (χ4v) is 21.5. The van der Waals surface area contributed by atoms with Crippen LogP contribution in [0.3, 0.4) is 0 Å². The predicted molar refractivity (Wildman–Crippen MR) is 152 cm³/mol. The summed E-state index contributed by atoms with van der Waals surface area (Å²) in [6.07, 6.45) is 11.1. The summed E-state index contributed by atoms with van der Waals surface area (Å²) in [4.78, 5) is 11.3. The van der Waals surface area contributed by atoms with Crippen LogP contribution in [0, 0.1) is 11.8 Å². The summed E-state index contributed by atoms with van der Waals surface area (Å²) in [6, 6.07) is 8.41. The summed E-state index contributed by atoms with van der Waals surface area (Å²) in [6.45, 7) is 9.66. The summed E-state index contributed by atoms with van der Waals surface area (Å²) in [5.74, 6) is 1.82. The van der Waals surface area contributed by atoms with Gasteiger partial charge in [0.05, 0.1) is 0 Å². The Kier molecular flexibility index (Phi) is 9.43. The molecule has 0 amide bonds. The Morgan fingerprint density at radius 3 is 1.90 bits per heavy atom. The average Bonchev–Trinajstić information content (AvgIpc) is 3.43. The minimum absolute atomic E-state index is 0.912. The molecule has 2 atom stereocenters. The second kappa shape index (κ2) is 11.2. The van der Waals surface area contributed by atoms with Crippen LogP contribution in [0.15, 0.2) is 17.5 Å². The van der Waals surface area contributed by atoms with Crippen LogP contribution in [0.5, 0.6) is 0 Å². The standard InChI is InChI=1S/C24H37S2Si.3CH3.Sn/c1-5-9-11-19(7-3)17-27(18-20(8-4)12-10-6-2)21-13-15-25-23(21)24-22(27)14-16-26-24;;;;/h13-15,19-20H,5-12,17-18H2,1-4H3;3*1H3;. The molecule has 2 unspecified atom stereocenters. The number of hydrogen-bond acceptors (Lipinski definition) is 2. The van der Waals surface area contributed by atoms with Crippen molar-refractivity contribution in [3.63, 3.8) is 0 Å². The van der Waals surface area contributed by atoms with Crippen LogP contribution >= 0.6 is 22.7 Å². The van der Waals surface area contributed by atoms with Gasteiger partial charge in [0.1, 0.15) is 0 Å². The zero-order valence-electron chi connectivity index (χ0n) is 21.3. The first-order valence-electron chi connectivity index (χ1n) is 13.0. The van der Waals surface area contributed by atoms with E-state index in [0.29, 0.717) is 0 Å². The topological polar surface area (TPSA) is 0 Å². The van der Waals surface area contributed by atoms with Crippen molar-refractivity contribution in [1.29, 1.82) is 0 Å². The Morgan fingerprint density at radius 2 is 1.42 bits per heavy atom. The monoisotopic (exact) mass is 582 g/mol. The van der Waals surface area contributed by atoms with Gasteiger partial charge in [-0.15, -0.1) is 0 Å². The molecular formula is C27H46S2SiSn. The first-order valence-corrected chi connectivity index (χ1v) is 27.1. The van der Waals surface area contributed by atoms with Gasteiger partial charge in [-0.25, -0.2) is 0 Å². The van der Waals surface area contributed by atoms with E-state index < -0.39 is 26.5 Å². The first-order chi connectivity index (χ1) is 14.8. The summed E-state index contributed by atoms with van der Waals surface area (Å²) in [5.41, 5.74) is 0. The Hall–Kier alpha value is 0.416. The molecule has 0 radical (unpaired) electrons. The van der Waals surface area contributed by atoms with Crippen LogP contribution in [0.4, 0.5) is 0 Å². The molecule has 2 aromatic heterocycles. The molecule has 0 fully saturated rings. The Labute approximate surface area is 206 Å². The van der Waals surface area contributed by atoms with Gasteiger partial charge in [0.25, 0.3) is 0 Å². The number of thiophene rings is 2. The number of hydrogen-bond donors (Lipinski definition) is 0. The van der Waals surface area contributed by atoms with E-state index in [1.807, 2.05) is 13.3 Å². The third-order valence-corrected chi connectivity index (χ3v) is 25.2. The molecule has 174 valence electrons. The normalized spacial score (nSPS) is 20.0. The zero-order valence-corrected chi connectivity index (χ0v) is 26.8. The fraction of sp³-hybridized carbons (Fsp3) is 0.704. The van der Waals surface area contributed by atoms with Crippen molar-refractivity contribution in [2.24, 2.45) is 11.8 Å². The molecule has 0 saturated carbocycles. The minimum atomic E-state index is -2.07. The van der Waals surface area contributed by atoms with E-state index in [0.717, 1.165) is 11.8 Å². The first kappa shape index (κ1) is 26.0. The summed E-state index contributed by atoms with van der Waals surface area (Å²) in [7, 11) is -1.69. The van der Waals surface area contributed by atoms with Gasteiger partial charge in [0, 0.05) is 0 Å². The summed E-state index contributed by atoms with van der Waals surface area (Å²) in [5, 5.41) is 6.17. The zero-order chi connectivity index (χ0) is 22.6. The molecule has 0 bridgehead atoms. The molecule has 0 saturated heterocycles. The molecule has 1 aliphatic heterocycles. The number of unbranched alkanes of at least 4 members (excludes halogenated alkanes) is 2. The van der Waals surface area contributed by atoms with Gasteiger partial charge >= 0.3 is 207 Å². The number of fused-ring (bicyclic) bond motifs is 3. The van der Waals surface area contributed by atoms with E-state index in [1.54, 1.807) is 9.75 Å². The number of rotatable bonds is 13. The van der Waals surface area contributed by atoms with Gasteiger partial charge in [-0.2, -0.15) is 0 Å². The van der Waals surface area contributed by atoms with Gasteiger partial charge in [-0.05, 0) is 0 Å². The van der Waals surface area contributed by atoms with Crippen molar-refractivity contribution in [2.75, 3.05) is 0 Å². The Bertz CT molecular complexity index is 811. The second-order valence-electron chi connectivity index (χ2n) is 11.1. The molecular weight excluding hydrogens is 535 g/mol. The second-order valence-corrected chi connectivity index (χ2v) is 32.5. The molecule has 0 aliphatic carbocycles. The molecule has 4 heteroatoms. The van der Waals surface area contributed by atoms with E-state index in [9.17, 15) is 0 Å². The van der Waals surface area contributed by atoms with Crippen molar-refractivity contribution in [3.8, 4) is 9.75 Å². The van der Waals surface area contributed by atoms with E-state index >= 15 is 0 Å². The predicted octanol–water partition coefficient (Wildman–Crippen LogP) is 8.33.